The fourth-order valence-electron chi connectivity index (χ4n) is 5.81. The summed E-state index contributed by atoms with van der Waals surface area (Å²) in [6, 6.07) is 17.1. The van der Waals surface area contributed by atoms with Gasteiger partial charge in [-0.1, -0.05) is 31.2 Å². The summed E-state index contributed by atoms with van der Waals surface area (Å²) in [4.78, 5) is 47.0. The number of nitrogens with zero attached hydrogens (tertiary/aromatic N) is 3. The van der Waals surface area contributed by atoms with Crippen LogP contribution in [0.1, 0.15) is 65.6 Å². The molecule has 1 fully saturated rings. The number of carbonyl (C=O) groups excluding carboxylic acids is 3. The monoisotopic (exact) mass is 600 g/mol. The molecule has 3 amide bonds. The predicted octanol–water partition coefficient (Wildman–Crippen LogP) is 5.58. The number of anilines is 2. The molecule has 5 rings (SSSR count). The molecule has 1 atom stereocenters. The highest BCUT2D eigenvalue weighted by molar-refractivity contribution is 6.24. The van der Waals surface area contributed by atoms with Crippen LogP contribution in [0.4, 0.5) is 16.2 Å². The van der Waals surface area contributed by atoms with Gasteiger partial charge in [0.2, 0.25) is 0 Å². The zero-order valence-electron chi connectivity index (χ0n) is 26.2. The predicted molar refractivity (Wildman–Crippen MR) is 169 cm³/mol. The van der Waals surface area contributed by atoms with Crippen molar-refractivity contribution in [2.45, 2.75) is 39.3 Å². The molecular weight excluding hydrogens is 560 g/mol. The summed E-state index contributed by atoms with van der Waals surface area (Å²) in [5, 5.41) is 2.77. The molecule has 1 saturated heterocycles. The Morgan fingerprint density at radius 3 is 2.20 bits per heavy atom. The van der Waals surface area contributed by atoms with Gasteiger partial charge in [-0.25, -0.2) is 4.79 Å². The first kappa shape index (κ1) is 30.9. The molecule has 0 bridgehead atoms. The lowest BCUT2D eigenvalue weighted by molar-refractivity contribution is 0.0601. The van der Waals surface area contributed by atoms with E-state index in [4.69, 9.17) is 14.2 Å². The van der Waals surface area contributed by atoms with Gasteiger partial charge in [0.25, 0.3) is 11.8 Å². The minimum Gasteiger partial charge on any atom is -0.493 e. The first-order valence-corrected chi connectivity index (χ1v) is 14.8. The van der Waals surface area contributed by atoms with Crippen LogP contribution in [0.2, 0.25) is 0 Å². The van der Waals surface area contributed by atoms with Crippen LogP contribution >= 0.6 is 0 Å². The van der Waals surface area contributed by atoms with Crippen molar-refractivity contribution >= 4 is 29.3 Å². The number of hydrogen-bond acceptors (Lipinski definition) is 8. The summed E-state index contributed by atoms with van der Waals surface area (Å²) in [5.74, 6) is 0.225. The maximum Gasteiger partial charge on any atom is 0.412 e. The Morgan fingerprint density at radius 2 is 1.55 bits per heavy atom. The molecule has 1 unspecified atom stereocenters. The first-order valence-electron chi connectivity index (χ1n) is 14.8. The van der Waals surface area contributed by atoms with E-state index in [1.165, 1.54) is 12.0 Å². The lowest BCUT2D eigenvalue weighted by Gasteiger charge is -2.36. The quantitative estimate of drug-likeness (QED) is 0.335. The number of rotatable bonds is 8. The third-order valence-corrected chi connectivity index (χ3v) is 7.91. The number of carbonyl (C=O) groups is 3. The van der Waals surface area contributed by atoms with Crippen molar-refractivity contribution < 1.29 is 28.6 Å². The Hall–Kier alpha value is -4.57. The van der Waals surface area contributed by atoms with Crippen LogP contribution in [0.25, 0.3) is 0 Å². The fraction of sp³-hybridized carbons (Fsp3) is 0.382. The van der Waals surface area contributed by atoms with Gasteiger partial charge in [0.05, 0.1) is 37.1 Å². The van der Waals surface area contributed by atoms with Gasteiger partial charge in [0.15, 0.2) is 11.5 Å². The average Bonchev–Trinajstić information content (AvgIpc) is 3.26. The molecule has 10 heteroatoms. The molecule has 0 saturated carbocycles. The van der Waals surface area contributed by atoms with Gasteiger partial charge in [-0.15, -0.1) is 0 Å². The smallest absolute Gasteiger partial charge is 0.412 e. The van der Waals surface area contributed by atoms with Crippen molar-refractivity contribution in [2.75, 3.05) is 57.2 Å². The van der Waals surface area contributed by atoms with E-state index in [9.17, 15) is 14.4 Å². The zero-order chi connectivity index (χ0) is 31.6. The molecule has 3 aromatic carbocycles. The molecule has 1 N–H and O–H groups in total. The van der Waals surface area contributed by atoms with Crippen LogP contribution < -0.4 is 19.7 Å². The molecule has 2 aliphatic heterocycles. The molecule has 3 aromatic rings. The highest BCUT2D eigenvalue weighted by atomic mass is 16.6. The van der Waals surface area contributed by atoms with Gasteiger partial charge < -0.3 is 24.0 Å². The molecular formula is C34H40N4O6. The van der Waals surface area contributed by atoms with E-state index in [2.05, 4.69) is 22.0 Å². The van der Waals surface area contributed by atoms with E-state index in [-0.39, 0.29) is 11.8 Å². The van der Waals surface area contributed by atoms with E-state index in [0.717, 1.165) is 38.4 Å². The summed E-state index contributed by atoms with van der Waals surface area (Å²) in [5.41, 5.74) is 2.61. The van der Waals surface area contributed by atoms with Gasteiger partial charge in [0.1, 0.15) is 5.60 Å². The molecule has 0 aromatic heterocycles. The number of ether oxygens (including phenoxy) is 3. The normalized spacial score (nSPS) is 16.0. The maximum absolute atomic E-state index is 14.4. The number of fused-ring (bicyclic) bond motifs is 1. The Kier molecular flexibility index (Phi) is 8.82. The molecule has 44 heavy (non-hydrogen) atoms. The summed E-state index contributed by atoms with van der Waals surface area (Å²) < 4.78 is 16.5. The van der Waals surface area contributed by atoms with Gasteiger partial charge in [-0.2, -0.15) is 0 Å². The van der Waals surface area contributed by atoms with E-state index >= 15 is 0 Å². The number of hydrogen-bond donors (Lipinski definition) is 1. The largest absolute Gasteiger partial charge is 0.493 e. The van der Waals surface area contributed by atoms with Crippen LogP contribution in [0.5, 0.6) is 11.5 Å². The number of benzene rings is 3. The Bertz CT molecular complexity index is 1560. The summed E-state index contributed by atoms with van der Waals surface area (Å²) >= 11 is 0. The van der Waals surface area contributed by atoms with Crippen molar-refractivity contribution in [1.82, 2.24) is 9.80 Å². The van der Waals surface area contributed by atoms with Gasteiger partial charge in [-0.05, 0) is 74.8 Å². The van der Waals surface area contributed by atoms with E-state index in [1.807, 2.05) is 24.3 Å². The summed E-state index contributed by atoms with van der Waals surface area (Å²) in [7, 11) is 3.08. The van der Waals surface area contributed by atoms with Crippen molar-refractivity contribution in [3.63, 3.8) is 0 Å². The molecule has 2 aliphatic rings. The second kappa shape index (κ2) is 12.6. The highest BCUT2D eigenvalue weighted by Gasteiger charge is 2.44. The number of likely N-dealkylation sites (N-methyl/N-ethyl adjacent to an activating group) is 1. The van der Waals surface area contributed by atoms with Crippen molar-refractivity contribution in [3.8, 4) is 11.5 Å². The molecule has 10 nitrogen and oxygen atoms in total. The topological polar surface area (TPSA) is 101 Å². The molecule has 0 radical (unpaired) electrons. The lowest BCUT2D eigenvalue weighted by atomic mass is 9.96. The maximum atomic E-state index is 14.4. The van der Waals surface area contributed by atoms with Crippen LogP contribution in [-0.2, 0) is 4.74 Å². The minimum absolute atomic E-state index is 0.371. The second-order valence-corrected chi connectivity index (χ2v) is 11.9. The Morgan fingerprint density at radius 1 is 0.864 bits per heavy atom. The van der Waals surface area contributed by atoms with E-state index < -0.39 is 17.7 Å². The van der Waals surface area contributed by atoms with Crippen LogP contribution in [0.15, 0.2) is 60.7 Å². The summed E-state index contributed by atoms with van der Waals surface area (Å²) in [6.07, 6.45) is -0.606. The van der Waals surface area contributed by atoms with E-state index in [1.54, 1.807) is 64.3 Å². The Balaban J connectivity index is 1.57. The number of nitrogens with one attached hydrogen (secondary N) is 1. The van der Waals surface area contributed by atoms with E-state index in [0.29, 0.717) is 39.4 Å². The third kappa shape index (κ3) is 6.21. The van der Waals surface area contributed by atoms with Crippen LogP contribution in [0, 0.1) is 0 Å². The number of methoxy groups -OCH3 is 2. The Labute approximate surface area is 258 Å². The molecule has 2 heterocycles. The van der Waals surface area contributed by atoms with Crippen LogP contribution in [-0.4, -0.2) is 80.3 Å². The summed E-state index contributed by atoms with van der Waals surface area (Å²) in [6.45, 7) is 11.8. The minimum atomic E-state index is -0.826. The van der Waals surface area contributed by atoms with Crippen molar-refractivity contribution in [2.24, 2.45) is 0 Å². The average molecular weight is 601 g/mol. The SMILES string of the molecule is CCN1CCN(c2cccc3c2C(=O)N(C(c2cccc(NC(=O)OC(C)(C)C)c2)c2ccc(OC)c(OC)c2)C3=O)CC1. The third-order valence-electron chi connectivity index (χ3n) is 7.91. The molecule has 232 valence electrons. The first-order chi connectivity index (χ1) is 21.0. The van der Waals surface area contributed by atoms with Crippen molar-refractivity contribution in [1.29, 1.82) is 0 Å². The van der Waals surface area contributed by atoms with Crippen molar-refractivity contribution in [3.05, 3.63) is 82.9 Å². The second-order valence-electron chi connectivity index (χ2n) is 11.9. The zero-order valence-corrected chi connectivity index (χ0v) is 26.2. The fourth-order valence-corrected chi connectivity index (χ4v) is 5.81. The van der Waals surface area contributed by atoms with Gasteiger partial charge >= 0.3 is 6.09 Å². The number of piperazine rings is 1. The van der Waals surface area contributed by atoms with Gasteiger partial charge in [-0.3, -0.25) is 19.8 Å². The number of amides is 3. The molecule has 0 aliphatic carbocycles. The lowest BCUT2D eigenvalue weighted by Crippen LogP contribution is -2.46. The standard InChI is InChI=1S/C34H40N4O6/c1-7-36-16-18-37(19-17-36)26-13-9-12-25-29(26)32(40)38(31(25)39)30(23-14-15-27(42-5)28(21-23)43-6)22-10-8-11-24(20-22)35-33(41)44-34(2,3)4/h8-15,20-21,30H,7,16-19H2,1-6H3,(H,35,41). The molecule has 0 spiro atoms. The van der Waals surface area contributed by atoms with Crippen LogP contribution in [0.3, 0.4) is 0 Å². The number of imide groups is 1. The van der Waals surface area contributed by atoms with Gasteiger partial charge in [0, 0.05) is 31.9 Å². The highest BCUT2D eigenvalue weighted by Crippen LogP contribution is 2.42.